The van der Waals surface area contributed by atoms with Crippen molar-refractivity contribution >= 4 is 11.8 Å². The highest BCUT2D eigenvalue weighted by Crippen LogP contribution is 2.12. The van der Waals surface area contributed by atoms with Gasteiger partial charge in [0.1, 0.15) is 11.5 Å². The van der Waals surface area contributed by atoms with Crippen LogP contribution < -0.4 is 10.6 Å². The van der Waals surface area contributed by atoms with E-state index in [1.54, 1.807) is 0 Å². The molecule has 1 heterocycles. The average molecular weight is 254 g/mol. The van der Waals surface area contributed by atoms with Crippen molar-refractivity contribution < 1.29 is 18.7 Å². The molecule has 0 aliphatic rings. The number of hydrogen-bond donors (Lipinski definition) is 2. The van der Waals surface area contributed by atoms with Gasteiger partial charge in [-0.2, -0.15) is 0 Å². The first-order chi connectivity index (χ1) is 8.54. The maximum absolute atomic E-state index is 11.4. The summed E-state index contributed by atoms with van der Waals surface area (Å²) in [6, 6.07) is 1.83. The summed E-state index contributed by atoms with van der Waals surface area (Å²) < 4.78 is 10.1. The molecule has 0 aliphatic carbocycles. The summed E-state index contributed by atoms with van der Waals surface area (Å²) in [5.74, 6) is 0.197. The van der Waals surface area contributed by atoms with E-state index < -0.39 is 11.8 Å². The maximum Gasteiger partial charge on any atom is 0.309 e. The lowest BCUT2D eigenvalue weighted by Crippen LogP contribution is -2.40. The summed E-state index contributed by atoms with van der Waals surface area (Å²) in [6.45, 7) is 4.61. The highest BCUT2D eigenvalue weighted by Gasteiger charge is 2.13. The number of aryl methyl sites for hydroxylation is 2. The Bertz CT molecular complexity index is 426. The lowest BCUT2D eigenvalue weighted by molar-refractivity contribution is -0.139. The topological polar surface area (TPSA) is 80.6 Å². The van der Waals surface area contributed by atoms with Crippen molar-refractivity contribution in [1.29, 1.82) is 0 Å². The van der Waals surface area contributed by atoms with Crippen LogP contribution in [0.2, 0.25) is 0 Å². The van der Waals surface area contributed by atoms with E-state index in [0.717, 1.165) is 17.1 Å². The summed E-state index contributed by atoms with van der Waals surface area (Å²) in [6.07, 6.45) is 0. The van der Waals surface area contributed by atoms with Crippen molar-refractivity contribution in [2.24, 2.45) is 0 Å². The Kier molecular flexibility index (Phi) is 5.38. The van der Waals surface area contributed by atoms with Crippen LogP contribution in [0.15, 0.2) is 10.5 Å². The quantitative estimate of drug-likeness (QED) is 0.584. The summed E-state index contributed by atoms with van der Waals surface area (Å²) in [5.41, 5.74) is 0.866. The molecule has 2 amide bonds. The third-order valence-corrected chi connectivity index (χ3v) is 2.38. The molecule has 2 N–H and O–H groups in total. The molecule has 0 saturated carbocycles. The zero-order valence-corrected chi connectivity index (χ0v) is 10.8. The van der Waals surface area contributed by atoms with Gasteiger partial charge in [-0.1, -0.05) is 0 Å². The molecule has 6 heteroatoms. The number of amides is 2. The monoisotopic (exact) mass is 254 g/mol. The molecule has 0 saturated heterocycles. The standard InChI is InChI=1S/C12H18N2O4/c1-8-6-10(9(2)18-8)7-14-12(16)11(15)13-4-5-17-3/h6H,4-5,7H2,1-3H3,(H,13,15)(H,14,16). The molecule has 1 aromatic rings. The molecule has 0 aromatic carbocycles. The normalized spacial score (nSPS) is 10.2. The third kappa shape index (κ3) is 4.21. The first-order valence-electron chi connectivity index (χ1n) is 5.65. The number of furan rings is 1. The van der Waals surface area contributed by atoms with Crippen LogP contribution in [0, 0.1) is 13.8 Å². The molecule has 0 spiro atoms. The van der Waals surface area contributed by atoms with E-state index in [-0.39, 0.29) is 6.54 Å². The van der Waals surface area contributed by atoms with Crippen LogP contribution in [0.4, 0.5) is 0 Å². The van der Waals surface area contributed by atoms with E-state index in [1.807, 2.05) is 19.9 Å². The van der Waals surface area contributed by atoms with Crippen LogP contribution in [0.5, 0.6) is 0 Å². The Morgan fingerprint density at radius 1 is 1.28 bits per heavy atom. The molecule has 0 bridgehead atoms. The van der Waals surface area contributed by atoms with E-state index >= 15 is 0 Å². The van der Waals surface area contributed by atoms with Crippen molar-refractivity contribution in [2.45, 2.75) is 20.4 Å². The van der Waals surface area contributed by atoms with Crippen LogP contribution in [0.3, 0.4) is 0 Å². The van der Waals surface area contributed by atoms with E-state index in [9.17, 15) is 9.59 Å². The van der Waals surface area contributed by atoms with Crippen LogP contribution >= 0.6 is 0 Å². The molecule has 1 aromatic heterocycles. The zero-order valence-electron chi connectivity index (χ0n) is 10.8. The smallest absolute Gasteiger partial charge is 0.309 e. The minimum absolute atomic E-state index is 0.277. The first kappa shape index (κ1) is 14.2. The van der Waals surface area contributed by atoms with E-state index in [4.69, 9.17) is 9.15 Å². The highest BCUT2D eigenvalue weighted by atomic mass is 16.5. The lowest BCUT2D eigenvalue weighted by Gasteiger charge is -2.05. The number of carbonyl (C=O) groups is 2. The number of ether oxygens (including phenoxy) is 1. The van der Waals surface area contributed by atoms with Gasteiger partial charge in [0.05, 0.1) is 6.61 Å². The fraction of sp³-hybridized carbons (Fsp3) is 0.500. The summed E-state index contributed by atoms with van der Waals surface area (Å²) in [5, 5.41) is 4.97. The van der Waals surface area contributed by atoms with Crippen molar-refractivity contribution in [3.63, 3.8) is 0 Å². The van der Waals surface area contributed by atoms with Gasteiger partial charge in [-0.15, -0.1) is 0 Å². The molecule has 0 unspecified atom stereocenters. The van der Waals surface area contributed by atoms with Gasteiger partial charge in [0.25, 0.3) is 0 Å². The van der Waals surface area contributed by atoms with Gasteiger partial charge >= 0.3 is 11.8 Å². The number of hydrogen-bond acceptors (Lipinski definition) is 4. The third-order valence-electron chi connectivity index (χ3n) is 2.38. The maximum atomic E-state index is 11.4. The molecular weight excluding hydrogens is 236 g/mol. The van der Waals surface area contributed by atoms with E-state index in [0.29, 0.717) is 13.2 Å². The molecule has 6 nitrogen and oxygen atoms in total. The van der Waals surface area contributed by atoms with E-state index in [2.05, 4.69) is 10.6 Å². The molecule has 0 atom stereocenters. The number of carbonyl (C=O) groups excluding carboxylic acids is 2. The highest BCUT2D eigenvalue weighted by molar-refractivity contribution is 6.35. The minimum Gasteiger partial charge on any atom is -0.466 e. The van der Waals surface area contributed by atoms with Crippen LogP contribution in [-0.2, 0) is 20.9 Å². The second-order valence-corrected chi connectivity index (χ2v) is 3.87. The minimum atomic E-state index is -0.663. The van der Waals surface area contributed by atoms with Gasteiger partial charge in [0, 0.05) is 25.8 Å². The second kappa shape index (κ2) is 6.80. The van der Waals surface area contributed by atoms with Gasteiger partial charge < -0.3 is 19.8 Å². The molecule has 100 valence electrons. The summed E-state index contributed by atoms with van der Waals surface area (Å²) >= 11 is 0. The van der Waals surface area contributed by atoms with Crippen LogP contribution in [0.1, 0.15) is 17.1 Å². The largest absolute Gasteiger partial charge is 0.466 e. The Labute approximate surface area is 106 Å². The first-order valence-corrected chi connectivity index (χ1v) is 5.65. The molecule has 0 radical (unpaired) electrons. The molecule has 0 fully saturated rings. The van der Waals surface area contributed by atoms with Gasteiger partial charge in [-0.25, -0.2) is 0 Å². The van der Waals surface area contributed by atoms with Gasteiger partial charge in [0.2, 0.25) is 0 Å². The number of nitrogens with one attached hydrogen (secondary N) is 2. The average Bonchev–Trinajstić information content (AvgIpc) is 2.65. The fourth-order valence-electron chi connectivity index (χ4n) is 1.46. The fourth-order valence-corrected chi connectivity index (χ4v) is 1.46. The van der Waals surface area contributed by atoms with Gasteiger partial charge in [-0.05, 0) is 19.9 Å². The van der Waals surface area contributed by atoms with E-state index in [1.165, 1.54) is 7.11 Å². The molecular formula is C12H18N2O4. The lowest BCUT2D eigenvalue weighted by atomic mass is 10.2. The van der Waals surface area contributed by atoms with Crippen molar-refractivity contribution in [3.05, 3.63) is 23.2 Å². The predicted octanol–water partition coefficient (Wildman–Crippen LogP) is 0.275. The van der Waals surface area contributed by atoms with Crippen molar-refractivity contribution in [1.82, 2.24) is 10.6 Å². The summed E-state index contributed by atoms with van der Waals surface area (Å²) in [4.78, 5) is 22.8. The Hall–Kier alpha value is -1.82. The van der Waals surface area contributed by atoms with Gasteiger partial charge in [-0.3, -0.25) is 9.59 Å². The van der Waals surface area contributed by atoms with Crippen molar-refractivity contribution in [3.8, 4) is 0 Å². The molecule has 0 aliphatic heterocycles. The Morgan fingerprint density at radius 3 is 2.50 bits per heavy atom. The van der Waals surface area contributed by atoms with Crippen LogP contribution in [0.25, 0.3) is 0 Å². The summed E-state index contributed by atoms with van der Waals surface area (Å²) in [7, 11) is 1.52. The molecule has 18 heavy (non-hydrogen) atoms. The van der Waals surface area contributed by atoms with Gasteiger partial charge in [0.15, 0.2) is 0 Å². The number of methoxy groups -OCH3 is 1. The zero-order chi connectivity index (χ0) is 13.5. The van der Waals surface area contributed by atoms with Crippen LogP contribution in [-0.4, -0.2) is 32.1 Å². The SMILES string of the molecule is COCCNC(=O)C(=O)NCc1cc(C)oc1C. The number of rotatable bonds is 5. The second-order valence-electron chi connectivity index (χ2n) is 3.87. The Morgan fingerprint density at radius 2 is 1.94 bits per heavy atom. The predicted molar refractivity (Wildman–Crippen MR) is 64.9 cm³/mol. The Balaban J connectivity index is 2.36. The molecule has 1 rings (SSSR count). The van der Waals surface area contributed by atoms with Crippen molar-refractivity contribution in [2.75, 3.05) is 20.3 Å².